The van der Waals surface area contributed by atoms with Crippen LogP contribution in [0.5, 0.6) is 0 Å². The number of benzene rings is 1. The van der Waals surface area contributed by atoms with Crippen molar-refractivity contribution in [3.8, 4) is 11.8 Å². The van der Waals surface area contributed by atoms with Gasteiger partial charge in [0.1, 0.15) is 5.60 Å². The number of urea groups is 1. The fourth-order valence-electron chi connectivity index (χ4n) is 3.53. The number of rotatable bonds is 2. The van der Waals surface area contributed by atoms with E-state index in [0.717, 1.165) is 18.7 Å². The van der Waals surface area contributed by atoms with Crippen molar-refractivity contribution in [2.45, 2.75) is 45.4 Å². The third-order valence-corrected chi connectivity index (χ3v) is 6.06. The van der Waals surface area contributed by atoms with E-state index in [-0.39, 0.29) is 18.2 Å². The van der Waals surface area contributed by atoms with Crippen LogP contribution in [0.15, 0.2) is 18.2 Å². The van der Waals surface area contributed by atoms with Crippen molar-refractivity contribution in [2.24, 2.45) is 0 Å². The Morgan fingerprint density at radius 2 is 1.75 bits per heavy atom. The molecule has 0 aromatic heterocycles. The average Bonchev–Trinajstić information content (AvgIpc) is 2.67. The number of carbonyl (C=O) groups is 2. The molecule has 2 heterocycles. The molecule has 7 nitrogen and oxygen atoms in total. The molecule has 0 radical (unpaired) electrons. The average molecular weight is 481 g/mol. The normalized spacial score (nSPS) is 18.3. The molecule has 1 atom stereocenters. The summed E-state index contributed by atoms with van der Waals surface area (Å²) in [6, 6.07) is 5.09. The number of nitrogens with zero attached hydrogens (tertiary/aromatic N) is 3. The van der Waals surface area contributed by atoms with E-state index in [9.17, 15) is 9.59 Å². The lowest BCUT2D eigenvalue weighted by Crippen LogP contribution is -2.65. The predicted octanol–water partition coefficient (Wildman–Crippen LogP) is 3.68. The minimum absolute atomic E-state index is 0.121. The van der Waals surface area contributed by atoms with E-state index in [4.69, 9.17) is 27.9 Å². The highest BCUT2D eigenvalue weighted by Crippen LogP contribution is 2.22. The number of halogens is 2. The second-order valence-electron chi connectivity index (χ2n) is 9.13. The Morgan fingerprint density at radius 1 is 1.09 bits per heavy atom. The van der Waals surface area contributed by atoms with Crippen LogP contribution in [-0.2, 0) is 4.74 Å². The molecule has 0 saturated carbocycles. The molecule has 3 rings (SSSR count). The first-order chi connectivity index (χ1) is 15.0. The van der Waals surface area contributed by atoms with Crippen molar-refractivity contribution in [3.63, 3.8) is 0 Å². The number of likely N-dealkylation sites (tertiary alicyclic amines) is 1. The zero-order valence-corrected chi connectivity index (χ0v) is 20.5. The van der Waals surface area contributed by atoms with Crippen molar-refractivity contribution >= 4 is 35.3 Å². The summed E-state index contributed by atoms with van der Waals surface area (Å²) in [5, 5.41) is 3.86. The molecule has 1 aromatic rings. The van der Waals surface area contributed by atoms with Gasteiger partial charge in [0.25, 0.3) is 0 Å². The molecule has 2 aliphatic rings. The minimum Gasteiger partial charge on any atom is -0.444 e. The van der Waals surface area contributed by atoms with E-state index < -0.39 is 5.60 Å². The van der Waals surface area contributed by atoms with Gasteiger partial charge < -0.3 is 19.9 Å². The van der Waals surface area contributed by atoms with Crippen molar-refractivity contribution in [3.05, 3.63) is 33.8 Å². The van der Waals surface area contributed by atoms with Crippen LogP contribution in [-0.4, -0.2) is 83.8 Å². The number of piperazine rings is 1. The van der Waals surface area contributed by atoms with Crippen molar-refractivity contribution in [1.29, 1.82) is 0 Å². The second-order valence-corrected chi connectivity index (χ2v) is 9.95. The van der Waals surface area contributed by atoms with E-state index >= 15 is 0 Å². The number of carbonyl (C=O) groups excluding carboxylic acids is 2. The lowest BCUT2D eigenvalue weighted by molar-refractivity contribution is -0.0221. The van der Waals surface area contributed by atoms with Crippen LogP contribution in [0.1, 0.15) is 33.3 Å². The zero-order chi connectivity index (χ0) is 23.5. The third-order valence-electron chi connectivity index (χ3n) is 5.32. The molecule has 1 unspecified atom stereocenters. The van der Waals surface area contributed by atoms with Crippen molar-refractivity contribution in [1.82, 2.24) is 20.0 Å². The smallest absolute Gasteiger partial charge is 0.410 e. The van der Waals surface area contributed by atoms with Gasteiger partial charge in [0.2, 0.25) is 0 Å². The number of ether oxygens (including phenoxy) is 1. The number of amides is 3. The molecule has 174 valence electrons. The Hall–Kier alpha value is -2.14. The lowest BCUT2D eigenvalue weighted by atomic mass is 10.1. The monoisotopic (exact) mass is 480 g/mol. The van der Waals surface area contributed by atoms with Gasteiger partial charge in [-0.25, -0.2) is 9.59 Å². The molecular formula is C23H30Cl2N4O3. The highest BCUT2D eigenvalue weighted by atomic mass is 35.5. The molecule has 0 spiro atoms. The molecular weight excluding hydrogens is 451 g/mol. The Balaban J connectivity index is 1.40. The van der Waals surface area contributed by atoms with E-state index in [1.807, 2.05) is 27.7 Å². The molecule has 0 bridgehead atoms. The Bertz CT molecular complexity index is 908. The van der Waals surface area contributed by atoms with E-state index in [1.54, 1.807) is 28.0 Å². The maximum atomic E-state index is 12.6. The van der Waals surface area contributed by atoms with Crippen LogP contribution < -0.4 is 5.32 Å². The molecule has 3 amide bonds. The van der Waals surface area contributed by atoms with Gasteiger partial charge in [-0.15, -0.1) is 0 Å². The predicted molar refractivity (Wildman–Crippen MR) is 126 cm³/mol. The summed E-state index contributed by atoms with van der Waals surface area (Å²) in [4.78, 5) is 30.5. The van der Waals surface area contributed by atoms with Crippen molar-refractivity contribution < 1.29 is 14.3 Å². The topological polar surface area (TPSA) is 65.1 Å². The van der Waals surface area contributed by atoms with Crippen LogP contribution in [0.3, 0.4) is 0 Å². The molecule has 0 aliphatic carbocycles. The van der Waals surface area contributed by atoms with Crippen LogP contribution in [0.2, 0.25) is 10.0 Å². The standard InChI is InChI=1S/C23H30Cl2N4O3/c1-16(5-6-17-7-8-19(24)20(25)13-17)26-21(30)28-11-9-27(10-12-28)18-14-29(15-18)22(31)32-23(2,3)4/h7-8,13,16,18H,9-12,14-15H2,1-4H3,(H,26,30). The summed E-state index contributed by atoms with van der Waals surface area (Å²) in [6.45, 7) is 11.6. The molecule has 9 heteroatoms. The maximum Gasteiger partial charge on any atom is 0.410 e. The van der Waals surface area contributed by atoms with Gasteiger partial charge in [-0.05, 0) is 45.9 Å². The van der Waals surface area contributed by atoms with Crippen LogP contribution in [0, 0.1) is 11.8 Å². The Kier molecular flexibility index (Phi) is 7.81. The maximum absolute atomic E-state index is 12.6. The van der Waals surface area contributed by atoms with Gasteiger partial charge >= 0.3 is 12.1 Å². The first kappa shape index (κ1) is 24.5. The summed E-state index contributed by atoms with van der Waals surface area (Å²) in [5.41, 5.74) is 0.264. The van der Waals surface area contributed by atoms with E-state index in [2.05, 4.69) is 22.1 Å². The molecule has 2 fully saturated rings. The number of nitrogens with one attached hydrogen (secondary N) is 1. The summed E-state index contributed by atoms with van der Waals surface area (Å²) < 4.78 is 5.41. The van der Waals surface area contributed by atoms with Crippen LogP contribution in [0.4, 0.5) is 9.59 Å². The molecule has 32 heavy (non-hydrogen) atoms. The molecule has 2 aliphatic heterocycles. The van der Waals surface area contributed by atoms with E-state index in [1.165, 1.54) is 0 Å². The van der Waals surface area contributed by atoms with Crippen molar-refractivity contribution in [2.75, 3.05) is 39.3 Å². The summed E-state index contributed by atoms with van der Waals surface area (Å²) in [5.74, 6) is 6.03. The zero-order valence-electron chi connectivity index (χ0n) is 19.0. The first-order valence-electron chi connectivity index (χ1n) is 10.8. The first-order valence-corrected chi connectivity index (χ1v) is 11.5. The lowest BCUT2D eigenvalue weighted by Gasteiger charge is -2.47. The largest absolute Gasteiger partial charge is 0.444 e. The summed E-state index contributed by atoms with van der Waals surface area (Å²) in [6.07, 6.45) is -0.261. The van der Waals surface area contributed by atoms with Gasteiger partial charge in [-0.3, -0.25) is 4.90 Å². The van der Waals surface area contributed by atoms with Gasteiger partial charge in [-0.2, -0.15) is 0 Å². The highest BCUT2D eigenvalue weighted by molar-refractivity contribution is 6.42. The quantitative estimate of drug-likeness (QED) is 0.655. The fourth-order valence-corrected chi connectivity index (χ4v) is 3.83. The number of hydrogen-bond acceptors (Lipinski definition) is 4. The SMILES string of the molecule is CC(C#Cc1ccc(Cl)c(Cl)c1)NC(=O)N1CCN(C2CN(C(=O)OC(C)(C)C)C2)CC1. The minimum atomic E-state index is -0.482. The number of hydrogen-bond donors (Lipinski definition) is 1. The Morgan fingerprint density at radius 3 is 2.34 bits per heavy atom. The van der Waals surface area contributed by atoms with Gasteiger partial charge in [0, 0.05) is 50.9 Å². The second kappa shape index (κ2) is 10.2. The van der Waals surface area contributed by atoms with Gasteiger partial charge in [0.05, 0.1) is 16.1 Å². The summed E-state index contributed by atoms with van der Waals surface area (Å²) >= 11 is 11.9. The molecule has 1 N–H and O–H groups in total. The third kappa shape index (κ3) is 6.68. The molecule has 2 saturated heterocycles. The van der Waals surface area contributed by atoms with Crippen LogP contribution >= 0.6 is 23.2 Å². The van der Waals surface area contributed by atoms with Crippen LogP contribution in [0.25, 0.3) is 0 Å². The van der Waals surface area contributed by atoms with Gasteiger partial charge in [0.15, 0.2) is 0 Å². The highest BCUT2D eigenvalue weighted by Gasteiger charge is 2.38. The molecule has 1 aromatic carbocycles. The van der Waals surface area contributed by atoms with Gasteiger partial charge in [-0.1, -0.05) is 35.0 Å². The van der Waals surface area contributed by atoms with E-state index in [0.29, 0.717) is 42.3 Å². The summed E-state index contributed by atoms with van der Waals surface area (Å²) in [7, 11) is 0. The Labute approximate surface area is 199 Å². The fraction of sp³-hybridized carbons (Fsp3) is 0.565.